The summed E-state index contributed by atoms with van der Waals surface area (Å²) in [5, 5.41) is 6.20. The van der Waals surface area contributed by atoms with Gasteiger partial charge < -0.3 is 5.32 Å². The Labute approximate surface area is 110 Å². The minimum Gasteiger partial charge on any atom is -0.351 e. The second kappa shape index (κ2) is 3.97. The van der Waals surface area contributed by atoms with Gasteiger partial charge >= 0.3 is 0 Å². The molecule has 2 rings (SSSR count). The Morgan fingerprint density at radius 3 is 2.39 bits per heavy atom. The summed E-state index contributed by atoms with van der Waals surface area (Å²) >= 11 is 0. The molecule has 1 fully saturated rings. The van der Waals surface area contributed by atoms with Crippen LogP contribution in [0.25, 0.3) is 0 Å². The van der Waals surface area contributed by atoms with E-state index in [0.29, 0.717) is 5.96 Å². The highest BCUT2D eigenvalue weighted by molar-refractivity contribution is 6.08. The summed E-state index contributed by atoms with van der Waals surface area (Å²) in [6.07, 6.45) is 4.20. The Hall–Kier alpha value is -1.06. The van der Waals surface area contributed by atoms with E-state index < -0.39 is 5.54 Å². The first kappa shape index (κ1) is 13.4. The molecule has 0 aromatic carbocycles. The smallest absolute Gasteiger partial charge is 0.255 e. The van der Waals surface area contributed by atoms with E-state index in [2.05, 4.69) is 45.3 Å². The zero-order valence-electron chi connectivity index (χ0n) is 12.2. The van der Waals surface area contributed by atoms with E-state index >= 15 is 0 Å². The molecule has 4 heteroatoms. The fraction of sp³-hybridized carbons (Fsp3) is 0.857. The SMILES string of the molecule is CC(C)(C)NC1=NC2(CCCCC2(C)C)C(=O)N1. The van der Waals surface area contributed by atoms with Crippen LogP contribution in [0, 0.1) is 5.41 Å². The number of carbonyl (C=O) groups is 1. The third kappa shape index (κ3) is 2.13. The van der Waals surface area contributed by atoms with Crippen LogP contribution < -0.4 is 10.6 Å². The monoisotopic (exact) mass is 251 g/mol. The van der Waals surface area contributed by atoms with Gasteiger partial charge in [0.1, 0.15) is 5.54 Å². The fourth-order valence-electron chi connectivity index (χ4n) is 3.02. The van der Waals surface area contributed by atoms with Crippen LogP contribution in [0.3, 0.4) is 0 Å². The number of nitrogens with one attached hydrogen (secondary N) is 2. The van der Waals surface area contributed by atoms with Gasteiger partial charge in [0.25, 0.3) is 5.91 Å². The molecule has 1 heterocycles. The number of nitrogens with zero attached hydrogens (tertiary/aromatic N) is 1. The van der Waals surface area contributed by atoms with Gasteiger partial charge in [-0.15, -0.1) is 0 Å². The van der Waals surface area contributed by atoms with E-state index in [4.69, 9.17) is 4.99 Å². The van der Waals surface area contributed by atoms with Crippen molar-refractivity contribution in [1.82, 2.24) is 10.6 Å². The zero-order chi connectivity index (χ0) is 13.6. The third-order valence-corrected chi connectivity index (χ3v) is 4.11. The largest absolute Gasteiger partial charge is 0.351 e. The van der Waals surface area contributed by atoms with E-state index in [1.54, 1.807) is 0 Å². The van der Waals surface area contributed by atoms with Crippen molar-refractivity contribution in [1.29, 1.82) is 0 Å². The lowest BCUT2D eigenvalue weighted by atomic mass is 9.63. The van der Waals surface area contributed by atoms with Crippen LogP contribution in [-0.4, -0.2) is 22.9 Å². The van der Waals surface area contributed by atoms with Crippen molar-refractivity contribution >= 4 is 11.9 Å². The highest BCUT2D eigenvalue weighted by Gasteiger charge is 2.55. The summed E-state index contributed by atoms with van der Waals surface area (Å²) in [7, 11) is 0. The number of amides is 1. The van der Waals surface area contributed by atoms with Gasteiger partial charge in [-0.25, -0.2) is 4.99 Å². The van der Waals surface area contributed by atoms with Gasteiger partial charge in [0.05, 0.1) is 0 Å². The van der Waals surface area contributed by atoms with Crippen molar-refractivity contribution in [3.05, 3.63) is 0 Å². The topological polar surface area (TPSA) is 53.5 Å². The highest BCUT2D eigenvalue weighted by atomic mass is 16.2. The summed E-state index contributed by atoms with van der Waals surface area (Å²) in [4.78, 5) is 17.1. The van der Waals surface area contributed by atoms with Crippen LogP contribution in [-0.2, 0) is 4.79 Å². The standard InChI is InChI=1S/C14H25N3O/c1-12(2,3)16-11-15-10(18)14(17-11)9-7-6-8-13(14,4)5/h6-9H2,1-5H3,(H2,15,16,17,18). The summed E-state index contributed by atoms with van der Waals surface area (Å²) in [6, 6.07) is 0. The lowest BCUT2D eigenvalue weighted by molar-refractivity contribution is -0.129. The molecule has 18 heavy (non-hydrogen) atoms. The molecule has 0 aromatic rings. The molecule has 1 aliphatic carbocycles. The van der Waals surface area contributed by atoms with Gasteiger partial charge in [-0.2, -0.15) is 0 Å². The highest BCUT2D eigenvalue weighted by Crippen LogP contribution is 2.47. The van der Waals surface area contributed by atoms with Gasteiger partial charge in [0.2, 0.25) is 0 Å². The number of rotatable bonds is 0. The Kier molecular flexibility index (Phi) is 2.95. The fourth-order valence-corrected chi connectivity index (χ4v) is 3.02. The first-order valence-electron chi connectivity index (χ1n) is 6.86. The number of hydrogen-bond donors (Lipinski definition) is 2. The second-order valence-electron chi connectivity index (χ2n) is 7.24. The van der Waals surface area contributed by atoms with Gasteiger partial charge in [-0.05, 0) is 39.0 Å². The molecule has 1 atom stereocenters. The second-order valence-corrected chi connectivity index (χ2v) is 7.24. The number of guanidine groups is 1. The molecule has 1 saturated carbocycles. The molecule has 1 unspecified atom stereocenters. The van der Waals surface area contributed by atoms with Gasteiger partial charge in [-0.3, -0.25) is 10.1 Å². The molecule has 4 nitrogen and oxygen atoms in total. The molecular weight excluding hydrogens is 226 g/mol. The van der Waals surface area contributed by atoms with Crippen molar-refractivity contribution in [2.24, 2.45) is 10.4 Å². The summed E-state index contributed by atoms with van der Waals surface area (Å²) in [5.74, 6) is 0.710. The maximum Gasteiger partial charge on any atom is 0.255 e. The number of hydrogen-bond acceptors (Lipinski definition) is 3. The minimum atomic E-state index is -0.557. The molecule has 1 amide bonds. The van der Waals surface area contributed by atoms with Crippen molar-refractivity contribution < 1.29 is 4.79 Å². The number of aliphatic imine (C=N–C) groups is 1. The molecule has 1 aliphatic heterocycles. The first-order valence-corrected chi connectivity index (χ1v) is 6.86. The normalized spacial score (nSPS) is 31.2. The lowest BCUT2D eigenvalue weighted by Crippen LogP contribution is -2.53. The van der Waals surface area contributed by atoms with Crippen LogP contribution >= 0.6 is 0 Å². The predicted molar refractivity (Wildman–Crippen MR) is 73.4 cm³/mol. The quantitative estimate of drug-likeness (QED) is 0.693. The molecule has 0 aromatic heterocycles. The van der Waals surface area contributed by atoms with Gasteiger partial charge in [0, 0.05) is 5.54 Å². The molecule has 0 radical (unpaired) electrons. The molecule has 0 bridgehead atoms. The molecular formula is C14H25N3O. The maximum absolute atomic E-state index is 12.4. The molecule has 2 N–H and O–H groups in total. The van der Waals surface area contributed by atoms with Crippen LogP contribution in [0.4, 0.5) is 0 Å². The average molecular weight is 251 g/mol. The predicted octanol–water partition coefficient (Wildman–Crippen LogP) is 2.20. The van der Waals surface area contributed by atoms with E-state index in [-0.39, 0.29) is 16.9 Å². The van der Waals surface area contributed by atoms with Gasteiger partial charge in [-0.1, -0.05) is 26.7 Å². The van der Waals surface area contributed by atoms with Crippen LogP contribution in [0.5, 0.6) is 0 Å². The van der Waals surface area contributed by atoms with Crippen LogP contribution in [0.2, 0.25) is 0 Å². The Morgan fingerprint density at radius 2 is 1.83 bits per heavy atom. The molecule has 1 spiro atoms. The summed E-state index contributed by atoms with van der Waals surface area (Å²) < 4.78 is 0. The van der Waals surface area contributed by atoms with Crippen molar-refractivity contribution in [2.45, 2.75) is 71.4 Å². The minimum absolute atomic E-state index is 0.0589. The summed E-state index contributed by atoms with van der Waals surface area (Å²) in [6.45, 7) is 10.5. The lowest BCUT2D eigenvalue weighted by Gasteiger charge is -2.43. The van der Waals surface area contributed by atoms with E-state index in [1.807, 2.05) is 0 Å². The van der Waals surface area contributed by atoms with E-state index in [9.17, 15) is 4.79 Å². The van der Waals surface area contributed by atoms with E-state index in [0.717, 1.165) is 19.3 Å². The Balaban J connectivity index is 2.30. The van der Waals surface area contributed by atoms with Crippen molar-refractivity contribution in [3.8, 4) is 0 Å². The van der Waals surface area contributed by atoms with Crippen molar-refractivity contribution in [3.63, 3.8) is 0 Å². The molecule has 2 aliphatic rings. The first-order chi connectivity index (χ1) is 8.16. The maximum atomic E-state index is 12.4. The van der Waals surface area contributed by atoms with E-state index in [1.165, 1.54) is 6.42 Å². The van der Waals surface area contributed by atoms with Crippen LogP contribution in [0.1, 0.15) is 60.3 Å². The third-order valence-electron chi connectivity index (χ3n) is 4.11. The Bertz CT molecular complexity index is 392. The molecule has 0 saturated heterocycles. The summed E-state index contributed by atoms with van der Waals surface area (Å²) in [5.41, 5.74) is -0.702. The Morgan fingerprint density at radius 1 is 1.22 bits per heavy atom. The van der Waals surface area contributed by atoms with Crippen LogP contribution in [0.15, 0.2) is 4.99 Å². The average Bonchev–Trinajstić information content (AvgIpc) is 2.47. The molecule has 102 valence electrons. The van der Waals surface area contributed by atoms with Gasteiger partial charge in [0.15, 0.2) is 5.96 Å². The number of carbonyl (C=O) groups excluding carboxylic acids is 1. The van der Waals surface area contributed by atoms with Crippen molar-refractivity contribution in [2.75, 3.05) is 0 Å². The zero-order valence-corrected chi connectivity index (χ0v) is 12.2.